The fourth-order valence-corrected chi connectivity index (χ4v) is 5.85. The van der Waals surface area contributed by atoms with Crippen LogP contribution in [0, 0.1) is 11.8 Å². The monoisotopic (exact) mass is 390 g/mol. The van der Waals surface area contributed by atoms with Gasteiger partial charge in [0.2, 0.25) is 6.29 Å². The number of Topliss-reactive ketones (excluding diaryl/α,β-unsaturated/α-hetero) is 1. The molecular formula is C24H22O5. The molecule has 0 aromatic heterocycles. The quantitative estimate of drug-likeness (QED) is 0.747. The lowest BCUT2D eigenvalue weighted by molar-refractivity contribution is -0.184. The van der Waals surface area contributed by atoms with Crippen LogP contribution in [0.4, 0.5) is 0 Å². The van der Waals surface area contributed by atoms with Crippen molar-refractivity contribution in [1.82, 2.24) is 0 Å². The fourth-order valence-electron chi connectivity index (χ4n) is 5.85. The minimum absolute atomic E-state index is 0.0403. The number of hydrogen-bond acceptors (Lipinski definition) is 5. The van der Waals surface area contributed by atoms with E-state index < -0.39 is 17.9 Å². The number of carbonyl (C=O) groups excluding carboxylic acids is 2. The van der Waals surface area contributed by atoms with E-state index in [1.807, 2.05) is 42.5 Å². The molecule has 5 nitrogen and oxygen atoms in total. The number of hydrogen-bond donors (Lipinski definition) is 0. The second-order valence-electron chi connectivity index (χ2n) is 8.57. The molecule has 2 aromatic rings. The molecule has 3 heterocycles. The minimum Gasteiger partial charge on any atom is -0.432 e. The van der Waals surface area contributed by atoms with Crippen LogP contribution >= 0.6 is 0 Å². The van der Waals surface area contributed by atoms with Gasteiger partial charge in [-0.15, -0.1) is 0 Å². The first-order valence-electron chi connectivity index (χ1n) is 10.4. The van der Waals surface area contributed by atoms with Crippen molar-refractivity contribution >= 4 is 11.8 Å². The summed E-state index contributed by atoms with van der Waals surface area (Å²) in [5, 5.41) is 0. The summed E-state index contributed by atoms with van der Waals surface area (Å²) >= 11 is 0. The maximum absolute atomic E-state index is 12.8. The number of benzene rings is 2. The molecule has 29 heavy (non-hydrogen) atoms. The number of fused-ring (bicyclic) bond motifs is 1. The third kappa shape index (κ3) is 2.47. The predicted octanol–water partition coefficient (Wildman–Crippen LogP) is 3.76. The molecule has 2 aromatic carbocycles. The molecule has 0 unspecified atom stereocenters. The molecule has 6 rings (SSSR count). The number of rotatable bonds is 3. The molecule has 0 radical (unpaired) electrons. The third-order valence-electron chi connectivity index (χ3n) is 7.15. The average Bonchev–Trinajstić information content (AvgIpc) is 3.37. The second kappa shape index (κ2) is 6.25. The van der Waals surface area contributed by atoms with Crippen LogP contribution in [0.15, 0.2) is 54.6 Å². The van der Waals surface area contributed by atoms with Gasteiger partial charge in [0.15, 0.2) is 5.78 Å². The Morgan fingerprint density at radius 2 is 1.79 bits per heavy atom. The van der Waals surface area contributed by atoms with E-state index in [-0.39, 0.29) is 29.8 Å². The molecule has 1 aliphatic carbocycles. The molecular weight excluding hydrogens is 368 g/mol. The van der Waals surface area contributed by atoms with Crippen LogP contribution in [0.25, 0.3) is 11.1 Å². The smallest absolute Gasteiger partial charge is 0.340 e. The maximum atomic E-state index is 12.8. The van der Waals surface area contributed by atoms with E-state index >= 15 is 0 Å². The van der Waals surface area contributed by atoms with Gasteiger partial charge in [0.05, 0.1) is 23.7 Å². The molecule has 1 spiro atoms. The lowest BCUT2D eigenvalue weighted by Gasteiger charge is -2.35. The number of ketones is 1. The highest BCUT2D eigenvalue weighted by atomic mass is 16.7. The highest BCUT2D eigenvalue weighted by molar-refractivity contribution is 5.91. The summed E-state index contributed by atoms with van der Waals surface area (Å²) in [6.45, 7) is 0. The van der Waals surface area contributed by atoms with Gasteiger partial charge in [0, 0.05) is 12.3 Å². The summed E-state index contributed by atoms with van der Waals surface area (Å²) in [5.41, 5.74) is 2.01. The van der Waals surface area contributed by atoms with Gasteiger partial charge in [-0.05, 0) is 42.5 Å². The minimum atomic E-state index is -0.641. The van der Waals surface area contributed by atoms with Gasteiger partial charge in [-0.2, -0.15) is 0 Å². The summed E-state index contributed by atoms with van der Waals surface area (Å²) in [7, 11) is 0. The van der Waals surface area contributed by atoms with Crippen LogP contribution in [0.2, 0.25) is 0 Å². The highest BCUT2D eigenvalue weighted by Crippen LogP contribution is 2.60. The first-order valence-corrected chi connectivity index (χ1v) is 10.4. The first kappa shape index (κ1) is 17.4. The molecule has 5 heteroatoms. The zero-order valence-electron chi connectivity index (χ0n) is 16.0. The van der Waals surface area contributed by atoms with E-state index in [9.17, 15) is 9.59 Å². The average molecular weight is 390 g/mol. The molecule has 148 valence electrons. The lowest BCUT2D eigenvalue weighted by atomic mass is 9.81. The Morgan fingerprint density at radius 1 is 1.03 bits per heavy atom. The molecule has 2 bridgehead atoms. The van der Waals surface area contributed by atoms with Crippen molar-refractivity contribution in [3.8, 4) is 11.1 Å². The largest absolute Gasteiger partial charge is 0.432 e. The van der Waals surface area contributed by atoms with Gasteiger partial charge in [0.25, 0.3) is 0 Å². The standard InChI is InChI=1S/C24H22O5/c25-19-13-18-21-20(17-7-4-12-24(17,19)29-21)23(27-18)28-22(26)16-10-8-15(9-11-16)14-5-2-1-3-6-14/h1-3,5-6,8-11,17-18,20-21,23H,4,7,12-13H2/t17-,18+,20-,21-,23+,24-/m0/s1. The van der Waals surface area contributed by atoms with Crippen molar-refractivity contribution < 1.29 is 23.8 Å². The van der Waals surface area contributed by atoms with Crippen LogP contribution in [0.1, 0.15) is 36.0 Å². The van der Waals surface area contributed by atoms with E-state index in [0.717, 1.165) is 30.4 Å². The Kier molecular flexibility index (Phi) is 3.74. The van der Waals surface area contributed by atoms with Gasteiger partial charge in [-0.1, -0.05) is 42.5 Å². The summed E-state index contributed by atoms with van der Waals surface area (Å²) in [6.07, 6.45) is 2.02. The Hall–Kier alpha value is -2.50. The SMILES string of the molecule is O=C(O[C@H]1O[C@@H]2CC(=O)[C@]34CCC[C@H]3[C@H]1[C@H]2O4)c1ccc(-c2ccccc2)cc1. The Morgan fingerprint density at radius 3 is 2.59 bits per heavy atom. The lowest BCUT2D eigenvalue weighted by Crippen LogP contribution is -2.49. The summed E-state index contributed by atoms with van der Waals surface area (Å²) in [5.74, 6) is -0.159. The Labute approximate surface area is 169 Å². The predicted molar refractivity (Wildman–Crippen MR) is 104 cm³/mol. The molecule has 0 amide bonds. The fraction of sp³-hybridized carbons (Fsp3) is 0.417. The Bertz CT molecular complexity index is 969. The summed E-state index contributed by atoms with van der Waals surface area (Å²) < 4.78 is 18.0. The highest BCUT2D eigenvalue weighted by Gasteiger charge is 2.71. The zero-order chi connectivity index (χ0) is 19.6. The van der Waals surface area contributed by atoms with Gasteiger partial charge in [0.1, 0.15) is 5.60 Å². The second-order valence-corrected chi connectivity index (χ2v) is 8.57. The van der Waals surface area contributed by atoms with E-state index in [2.05, 4.69) is 0 Å². The maximum Gasteiger partial charge on any atom is 0.340 e. The van der Waals surface area contributed by atoms with Gasteiger partial charge >= 0.3 is 5.97 Å². The van der Waals surface area contributed by atoms with Crippen LogP contribution in [-0.4, -0.2) is 35.9 Å². The molecule has 4 fully saturated rings. The van der Waals surface area contributed by atoms with Crippen molar-refractivity contribution in [3.63, 3.8) is 0 Å². The van der Waals surface area contributed by atoms with Crippen molar-refractivity contribution in [2.75, 3.05) is 0 Å². The third-order valence-corrected chi connectivity index (χ3v) is 7.15. The van der Waals surface area contributed by atoms with Crippen molar-refractivity contribution in [3.05, 3.63) is 60.2 Å². The van der Waals surface area contributed by atoms with Crippen LogP contribution in [0.3, 0.4) is 0 Å². The molecule has 4 aliphatic rings. The van der Waals surface area contributed by atoms with Crippen LogP contribution < -0.4 is 0 Å². The van der Waals surface area contributed by atoms with Crippen LogP contribution in [-0.2, 0) is 19.0 Å². The molecule has 3 aliphatic heterocycles. The van der Waals surface area contributed by atoms with E-state index in [4.69, 9.17) is 14.2 Å². The van der Waals surface area contributed by atoms with Crippen molar-refractivity contribution in [1.29, 1.82) is 0 Å². The number of esters is 1. The van der Waals surface area contributed by atoms with Gasteiger partial charge in [-0.3, -0.25) is 4.79 Å². The summed E-state index contributed by atoms with van der Waals surface area (Å²) in [6, 6.07) is 17.5. The molecule has 3 saturated heterocycles. The van der Waals surface area contributed by atoms with Gasteiger partial charge < -0.3 is 14.2 Å². The topological polar surface area (TPSA) is 61.8 Å². The molecule has 1 saturated carbocycles. The first-order chi connectivity index (χ1) is 14.2. The number of carbonyl (C=O) groups is 2. The van der Waals surface area contributed by atoms with E-state index in [0.29, 0.717) is 12.0 Å². The van der Waals surface area contributed by atoms with Crippen molar-refractivity contribution in [2.45, 2.75) is 49.8 Å². The summed E-state index contributed by atoms with van der Waals surface area (Å²) in [4.78, 5) is 25.4. The van der Waals surface area contributed by atoms with Crippen LogP contribution in [0.5, 0.6) is 0 Å². The van der Waals surface area contributed by atoms with E-state index in [1.54, 1.807) is 12.1 Å². The van der Waals surface area contributed by atoms with Crippen molar-refractivity contribution in [2.24, 2.45) is 11.8 Å². The van der Waals surface area contributed by atoms with Gasteiger partial charge in [-0.25, -0.2) is 4.79 Å². The molecule has 0 N–H and O–H groups in total. The molecule has 6 atom stereocenters. The zero-order valence-corrected chi connectivity index (χ0v) is 16.0. The number of ether oxygens (including phenoxy) is 3. The van der Waals surface area contributed by atoms with E-state index in [1.165, 1.54) is 0 Å². The Balaban J connectivity index is 1.21. The normalized spacial score (nSPS) is 36.8.